The molecule has 3 heterocycles. The SMILES string of the molecule is CCCOc1ccc(-c2ccc(C3CC(c4ccc5nccnc5c4)=NN3c3ccc(C(=O)O)cn3)cc2)cc1. The van der Waals surface area contributed by atoms with Crippen LogP contribution in [0, 0.1) is 0 Å². The van der Waals surface area contributed by atoms with Crippen molar-refractivity contribution in [3.05, 3.63) is 114 Å². The molecule has 1 atom stereocenters. The molecule has 0 aliphatic carbocycles. The molecule has 0 fully saturated rings. The molecule has 0 spiro atoms. The van der Waals surface area contributed by atoms with Crippen LogP contribution in [-0.2, 0) is 0 Å². The van der Waals surface area contributed by atoms with Crippen molar-refractivity contribution in [1.82, 2.24) is 15.0 Å². The van der Waals surface area contributed by atoms with Gasteiger partial charge in [0.1, 0.15) is 11.6 Å². The van der Waals surface area contributed by atoms with Crippen LogP contribution in [0.25, 0.3) is 22.2 Å². The summed E-state index contributed by atoms with van der Waals surface area (Å²) in [6.07, 6.45) is 6.35. The molecule has 0 saturated heterocycles. The van der Waals surface area contributed by atoms with E-state index in [9.17, 15) is 9.90 Å². The van der Waals surface area contributed by atoms with Gasteiger partial charge in [0.15, 0.2) is 0 Å². The average molecular weight is 530 g/mol. The van der Waals surface area contributed by atoms with Crippen molar-refractivity contribution in [3.8, 4) is 16.9 Å². The maximum atomic E-state index is 11.4. The van der Waals surface area contributed by atoms with Crippen LogP contribution >= 0.6 is 0 Å². The Kier molecular flexibility index (Phi) is 6.89. The highest BCUT2D eigenvalue weighted by molar-refractivity contribution is 6.05. The number of carboxylic acids is 1. The van der Waals surface area contributed by atoms with Gasteiger partial charge in [0.05, 0.1) is 35.0 Å². The van der Waals surface area contributed by atoms with Crippen LogP contribution in [0.4, 0.5) is 5.82 Å². The van der Waals surface area contributed by atoms with Gasteiger partial charge in [0.25, 0.3) is 0 Å². The van der Waals surface area contributed by atoms with Gasteiger partial charge in [-0.15, -0.1) is 0 Å². The minimum atomic E-state index is -1.01. The smallest absolute Gasteiger partial charge is 0.337 e. The minimum Gasteiger partial charge on any atom is -0.494 e. The first-order chi connectivity index (χ1) is 19.6. The summed E-state index contributed by atoms with van der Waals surface area (Å²) < 4.78 is 5.71. The Labute approximate surface area is 231 Å². The summed E-state index contributed by atoms with van der Waals surface area (Å²) in [6, 6.07) is 25.7. The van der Waals surface area contributed by atoms with E-state index in [-0.39, 0.29) is 11.6 Å². The van der Waals surface area contributed by atoms with E-state index in [0.717, 1.165) is 51.2 Å². The Morgan fingerprint density at radius 2 is 1.57 bits per heavy atom. The molecule has 198 valence electrons. The third-order valence-corrected chi connectivity index (χ3v) is 6.90. The number of ether oxygens (including phenoxy) is 1. The van der Waals surface area contributed by atoms with E-state index in [4.69, 9.17) is 9.84 Å². The summed E-state index contributed by atoms with van der Waals surface area (Å²) in [6.45, 7) is 2.80. The number of rotatable bonds is 8. The van der Waals surface area contributed by atoms with Crippen LogP contribution in [-0.4, -0.2) is 38.3 Å². The number of anilines is 1. The number of nitrogens with zero attached hydrogens (tertiary/aromatic N) is 5. The normalized spacial score (nSPS) is 14.8. The highest BCUT2D eigenvalue weighted by Crippen LogP contribution is 2.37. The van der Waals surface area contributed by atoms with E-state index in [2.05, 4.69) is 58.3 Å². The Morgan fingerprint density at radius 1 is 0.875 bits per heavy atom. The van der Waals surface area contributed by atoms with Gasteiger partial charge in [-0.05, 0) is 59.5 Å². The van der Waals surface area contributed by atoms with Crippen LogP contribution in [0.5, 0.6) is 5.75 Å². The highest BCUT2D eigenvalue weighted by atomic mass is 16.5. The molecule has 6 rings (SSSR count). The maximum absolute atomic E-state index is 11.4. The number of pyridine rings is 1. The molecule has 8 nitrogen and oxygen atoms in total. The molecule has 1 unspecified atom stereocenters. The molecule has 1 N–H and O–H groups in total. The number of hydrogen-bond donors (Lipinski definition) is 1. The lowest BCUT2D eigenvalue weighted by Gasteiger charge is -2.23. The van der Waals surface area contributed by atoms with E-state index in [1.54, 1.807) is 24.5 Å². The monoisotopic (exact) mass is 529 g/mol. The molecule has 0 saturated carbocycles. The lowest BCUT2D eigenvalue weighted by atomic mass is 9.96. The second-order valence-electron chi connectivity index (χ2n) is 9.58. The first-order valence-corrected chi connectivity index (χ1v) is 13.2. The van der Waals surface area contributed by atoms with Crippen LogP contribution in [0.1, 0.15) is 47.3 Å². The molecule has 8 heteroatoms. The van der Waals surface area contributed by atoms with Gasteiger partial charge in [-0.25, -0.2) is 14.8 Å². The molecule has 3 aromatic carbocycles. The Morgan fingerprint density at radius 3 is 2.25 bits per heavy atom. The van der Waals surface area contributed by atoms with Crippen LogP contribution in [0.3, 0.4) is 0 Å². The zero-order valence-electron chi connectivity index (χ0n) is 21.9. The van der Waals surface area contributed by atoms with Gasteiger partial charge in [-0.3, -0.25) is 9.97 Å². The van der Waals surface area contributed by atoms with Gasteiger partial charge < -0.3 is 9.84 Å². The van der Waals surface area contributed by atoms with E-state index < -0.39 is 5.97 Å². The fraction of sp³-hybridized carbons (Fsp3) is 0.156. The summed E-state index contributed by atoms with van der Waals surface area (Å²) in [5, 5.41) is 16.2. The predicted molar refractivity (Wildman–Crippen MR) is 155 cm³/mol. The van der Waals surface area contributed by atoms with Crippen molar-refractivity contribution >= 4 is 28.5 Å². The second-order valence-corrected chi connectivity index (χ2v) is 9.58. The van der Waals surface area contributed by atoms with E-state index in [1.807, 2.05) is 35.3 Å². The van der Waals surface area contributed by atoms with E-state index >= 15 is 0 Å². The molecule has 40 heavy (non-hydrogen) atoms. The van der Waals surface area contributed by atoms with Crippen molar-refractivity contribution in [3.63, 3.8) is 0 Å². The number of carboxylic acid groups (broad SMARTS) is 1. The number of aromatic nitrogens is 3. The maximum Gasteiger partial charge on any atom is 0.337 e. The van der Waals surface area contributed by atoms with Gasteiger partial charge in [-0.1, -0.05) is 49.4 Å². The number of aromatic carboxylic acids is 1. The first-order valence-electron chi connectivity index (χ1n) is 13.2. The largest absolute Gasteiger partial charge is 0.494 e. The zero-order valence-corrected chi connectivity index (χ0v) is 21.9. The molecular weight excluding hydrogens is 502 g/mol. The van der Waals surface area contributed by atoms with Gasteiger partial charge in [0.2, 0.25) is 0 Å². The average Bonchev–Trinajstić information content (AvgIpc) is 3.46. The first kappa shape index (κ1) is 25.2. The molecule has 0 bridgehead atoms. The summed E-state index contributed by atoms with van der Waals surface area (Å²) in [4.78, 5) is 24.6. The summed E-state index contributed by atoms with van der Waals surface area (Å²) in [5.74, 6) is 0.436. The van der Waals surface area contributed by atoms with Gasteiger partial charge in [-0.2, -0.15) is 5.10 Å². The molecular formula is C32H27N5O3. The van der Waals surface area contributed by atoms with Crippen LogP contribution in [0.2, 0.25) is 0 Å². The quantitative estimate of drug-likeness (QED) is 0.244. The molecule has 1 aliphatic heterocycles. The molecule has 5 aromatic rings. The molecule has 1 aliphatic rings. The molecule has 0 amide bonds. The van der Waals surface area contributed by atoms with Gasteiger partial charge >= 0.3 is 5.97 Å². The van der Waals surface area contributed by atoms with Crippen LogP contribution < -0.4 is 9.75 Å². The standard InChI is InChI=1S/C32H27N5O3/c1-2-17-40-26-11-7-22(8-12-26)21-3-5-23(6-4-21)30-19-28(24-9-13-27-29(18-24)34-16-15-33-27)36-37(30)31-14-10-25(20-35-31)32(38)39/h3-16,18,20,30H,2,17,19H2,1H3,(H,38,39). The lowest BCUT2D eigenvalue weighted by molar-refractivity contribution is 0.0696. The fourth-order valence-electron chi connectivity index (χ4n) is 4.81. The number of carbonyl (C=O) groups is 1. The summed E-state index contributed by atoms with van der Waals surface area (Å²) >= 11 is 0. The fourth-order valence-corrected chi connectivity index (χ4v) is 4.81. The topological polar surface area (TPSA) is 101 Å². The van der Waals surface area contributed by atoms with Crippen LogP contribution in [0.15, 0.2) is 103 Å². The summed E-state index contributed by atoms with van der Waals surface area (Å²) in [7, 11) is 0. The zero-order chi connectivity index (χ0) is 27.5. The number of hydrogen-bond acceptors (Lipinski definition) is 7. The van der Waals surface area contributed by atoms with Gasteiger partial charge in [0, 0.05) is 30.6 Å². The minimum absolute atomic E-state index is 0.116. The van der Waals surface area contributed by atoms with Crippen molar-refractivity contribution in [1.29, 1.82) is 0 Å². The van der Waals surface area contributed by atoms with Crippen molar-refractivity contribution in [2.75, 3.05) is 11.6 Å². The Bertz CT molecular complexity index is 1680. The van der Waals surface area contributed by atoms with E-state index in [1.165, 1.54) is 6.20 Å². The van der Waals surface area contributed by atoms with Crippen molar-refractivity contribution in [2.45, 2.75) is 25.8 Å². The Balaban J connectivity index is 1.31. The van der Waals surface area contributed by atoms with E-state index in [0.29, 0.717) is 18.8 Å². The third-order valence-electron chi connectivity index (χ3n) is 6.90. The number of fused-ring (bicyclic) bond motifs is 1. The van der Waals surface area contributed by atoms with Crippen molar-refractivity contribution in [2.24, 2.45) is 5.10 Å². The summed E-state index contributed by atoms with van der Waals surface area (Å²) in [5.41, 5.74) is 6.91. The van der Waals surface area contributed by atoms with Crippen molar-refractivity contribution < 1.29 is 14.6 Å². The Hall–Kier alpha value is -5.11. The molecule has 0 radical (unpaired) electrons. The predicted octanol–water partition coefficient (Wildman–Crippen LogP) is 6.53. The highest BCUT2D eigenvalue weighted by Gasteiger charge is 2.31. The molecule has 2 aromatic heterocycles. The number of hydrazone groups is 1. The number of benzene rings is 3. The third kappa shape index (κ3) is 5.11. The second kappa shape index (κ2) is 10.9. The lowest BCUT2D eigenvalue weighted by Crippen LogP contribution is -2.19.